The zero-order chi connectivity index (χ0) is 18.1. The summed E-state index contributed by atoms with van der Waals surface area (Å²) in [6.07, 6.45) is 1.73. The van der Waals surface area contributed by atoms with Crippen molar-refractivity contribution in [3.63, 3.8) is 0 Å². The van der Waals surface area contributed by atoms with Gasteiger partial charge < -0.3 is 19.0 Å². The molecular weight excluding hydrogens is 339 g/mol. The summed E-state index contributed by atoms with van der Waals surface area (Å²) < 4.78 is 30.1. The Morgan fingerprint density at radius 1 is 1.19 bits per heavy atom. The van der Waals surface area contributed by atoms with Gasteiger partial charge in [-0.3, -0.25) is 0 Å². The molecule has 138 valence electrons. The predicted molar refractivity (Wildman–Crippen MR) is 92.3 cm³/mol. The molecule has 0 saturated carbocycles. The maximum Gasteiger partial charge on any atom is 0.296 e. The van der Waals surface area contributed by atoms with Gasteiger partial charge in [0.2, 0.25) is 5.89 Å². The van der Waals surface area contributed by atoms with Gasteiger partial charge in [0, 0.05) is 25.2 Å². The SMILES string of the molecule is CC(C)c1noc(C(Nc2nc3cc(F)ccc3o2)C2CCOCC2)n1. The van der Waals surface area contributed by atoms with Gasteiger partial charge >= 0.3 is 0 Å². The molecular formula is C18H21FN4O3. The summed E-state index contributed by atoms with van der Waals surface area (Å²) in [6, 6.07) is 4.33. The van der Waals surface area contributed by atoms with Crippen LogP contribution in [0.3, 0.4) is 0 Å². The molecule has 3 heterocycles. The van der Waals surface area contributed by atoms with Crippen LogP contribution in [-0.4, -0.2) is 28.3 Å². The van der Waals surface area contributed by atoms with Gasteiger partial charge in [0.1, 0.15) is 17.4 Å². The van der Waals surface area contributed by atoms with Crippen molar-refractivity contribution < 1.29 is 18.1 Å². The molecule has 1 N–H and O–H groups in total. The van der Waals surface area contributed by atoms with Gasteiger partial charge in [-0.05, 0) is 30.9 Å². The number of fused-ring (bicyclic) bond motifs is 1. The van der Waals surface area contributed by atoms with Crippen molar-refractivity contribution in [2.45, 2.75) is 38.6 Å². The van der Waals surface area contributed by atoms with Crippen LogP contribution in [0, 0.1) is 11.7 Å². The Hall–Kier alpha value is -2.48. The molecule has 0 aliphatic carbocycles. The quantitative estimate of drug-likeness (QED) is 0.734. The van der Waals surface area contributed by atoms with E-state index in [0.29, 0.717) is 42.0 Å². The second kappa shape index (κ2) is 7.03. The van der Waals surface area contributed by atoms with Crippen LogP contribution in [-0.2, 0) is 4.74 Å². The molecule has 1 aliphatic rings. The van der Waals surface area contributed by atoms with Gasteiger partial charge in [0.05, 0.1) is 0 Å². The lowest BCUT2D eigenvalue weighted by Crippen LogP contribution is -2.27. The first-order valence-electron chi connectivity index (χ1n) is 8.84. The Balaban J connectivity index is 1.64. The normalized spacial score (nSPS) is 17.1. The van der Waals surface area contributed by atoms with Crippen molar-refractivity contribution in [2.75, 3.05) is 18.5 Å². The van der Waals surface area contributed by atoms with Gasteiger partial charge in [-0.1, -0.05) is 19.0 Å². The monoisotopic (exact) mass is 360 g/mol. The maximum atomic E-state index is 13.4. The number of hydrogen-bond donors (Lipinski definition) is 1. The Bertz CT molecular complexity index is 886. The highest BCUT2D eigenvalue weighted by molar-refractivity contribution is 5.74. The van der Waals surface area contributed by atoms with Crippen LogP contribution in [0.2, 0.25) is 0 Å². The van der Waals surface area contributed by atoms with Gasteiger partial charge in [0.25, 0.3) is 6.01 Å². The van der Waals surface area contributed by atoms with E-state index < -0.39 is 0 Å². The molecule has 3 aromatic rings. The summed E-state index contributed by atoms with van der Waals surface area (Å²) in [4.78, 5) is 8.88. The summed E-state index contributed by atoms with van der Waals surface area (Å²) in [6.45, 7) is 5.40. The van der Waals surface area contributed by atoms with E-state index in [-0.39, 0.29) is 23.7 Å². The number of anilines is 1. The molecule has 1 aliphatic heterocycles. The molecule has 1 atom stereocenters. The van der Waals surface area contributed by atoms with Crippen LogP contribution in [0.1, 0.15) is 50.4 Å². The third-order valence-electron chi connectivity index (χ3n) is 4.61. The van der Waals surface area contributed by atoms with Crippen molar-refractivity contribution >= 4 is 17.1 Å². The number of rotatable bonds is 5. The van der Waals surface area contributed by atoms with Crippen LogP contribution in [0.5, 0.6) is 0 Å². The summed E-state index contributed by atoms with van der Waals surface area (Å²) in [5.74, 6) is 1.25. The van der Waals surface area contributed by atoms with Crippen molar-refractivity contribution in [1.82, 2.24) is 15.1 Å². The third kappa shape index (κ3) is 3.41. The first-order chi connectivity index (χ1) is 12.6. The lowest BCUT2D eigenvalue weighted by atomic mass is 9.91. The highest BCUT2D eigenvalue weighted by Crippen LogP contribution is 2.33. The highest BCUT2D eigenvalue weighted by Gasteiger charge is 2.31. The molecule has 4 rings (SSSR count). The first kappa shape index (κ1) is 17.0. The van der Waals surface area contributed by atoms with E-state index in [1.54, 1.807) is 6.07 Å². The van der Waals surface area contributed by atoms with Crippen LogP contribution in [0.4, 0.5) is 10.4 Å². The van der Waals surface area contributed by atoms with Crippen LogP contribution in [0.15, 0.2) is 27.1 Å². The minimum atomic E-state index is -0.350. The number of halogens is 1. The molecule has 0 bridgehead atoms. The number of ether oxygens (including phenoxy) is 1. The Morgan fingerprint density at radius 2 is 2.00 bits per heavy atom. The van der Waals surface area contributed by atoms with Gasteiger partial charge in [-0.2, -0.15) is 9.97 Å². The topological polar surface area (TPSA) is 86.2 Å². The molecule has 0 spiro atoms. The smallest absolute Gasteiger partial charge is 0.296 e. The standard InChI is InChI=1S/C18H21FN4O3/c1-10(2)16-22-17(26-23-16)15(11-5-7-24-8-6-11)21-18-20-13-9-12(19)3-4-14(13)25-18/h3-4,9-11,15H,5-8H2,1-2H3,(H,20,21). The van der Waals surface area contributed by atoms with Crippen LogP contribution >= 0.6 is 0 Å². The minimum Gasteiger partial charge on any atom is -0.424 e. The fourth-order valence-electron chi connectivity index (χ4n) is 3.13. The van der Waals surface area contributed by atoms with Gasteiger partial charge in [-0.15, -0.1) is 0 Å². The van der Waals surface area contributed by atoms with Crippen molar-refractivity contribution in [3.05, 3.63) is 35.7 Å². The molecule has 1 fully saturated rings. The Labute approximate surface area is 149 Å². The Morgan fingerprint density at radius 3 is 2.73 bits per heavy atom. The number of aromatic nitrogens is 3. The summed E-state index contributed by atoms with van der Waals surface area (Å²) in [5, 5.41) is 7.34. The van der Waals surface area contributed by atoms with Crippen LogP contribution in [0.25, 0.3) is 11.1 Å². The van der Waals surface area contributed by atoms with Gasteiger partial charge in [-0.25, -0.2) is 4.39 Å². The second-order valence-corrected chi connectivity index (χ2v) is 6.85. The molecule has 8 heteroatoms. The van der Waals surface area contributed by atoms with E-state index in [1.807, 2.05) is 13.8 Å². The maximum absolute atomic E-state index is 13.4. The minimum absolute atomic E-state index is 0.176. The fourth-order valence-corrected chi connectivity index (χ4v) is 3.13. The number of hydrogen-bond acceptors (Lipinski definition) is 7. The summed E-state index contributed by atoms with van der Waals surface area (Å²) in [5.41, 5.74) is 0.986. The number of oxazole rings is 1. The van der Waals surface area contributed by atoms with Crippen LogP contribution < -0.4 is 5.32 Å². The molecule has 1 saturated heterocycles. The molecule has 7 nitrogen and oxygen atoms in total. The highest BCUT2D eigenvalue weighted by atomic mass is 19.1. The molecule has 2 aromatic heterocycles. The zero-order valence-electron chi connectivity index (χ0n) is 14.7. The summed E-state index contributed by atoms with van der Waals surface area (Å²) >= 11 is 0. The van der Waals surface area contributed by atoms with Crippen molar-refractivity contribution in [3.8, 4) is 0 Å². The van der Waals surface area contributed by atoms with E-state index in [9.17, 15) is 4.39 Å². The van der Waals surface area contributed by atoms with Crippen molar-refractivity contribution in [2.24, 2.45) is 5.92 Å². The number of nitrogens with one attached hydrogen (secondary N) is 1. The van der Waals surface area contributed by atoms with E-state index in [1.165, 1.54) is 12.1 Å². The third-order valence-corrected chi connectivity index (χ3v) is 4.61. The number of benzene rings is 1. The molecule has 1 aromatic carbocycles. The predicted octanol–water partition coefficient (Wildman–Crippen LogP) is 4.05. The largest absolute Gasteiger partial charge is 0.424 e. The van der Waals surface area contributed by atoms with E-state index >= 15 is 0 Å². The lowest BCUT2D eigenvalue weighted by molar-refractivity contribution is 0.0568. The molecule has 0 radical (unpaired) electrons. The summed E-state index contributed by atoms with van der Waals surface area (Å²) in [7, 11) is 0. The Kier molecular flexibility index (Phi) is 4.58. The van der Waals surface area contributed by atoms with Gasteiger partial charge in [0.15, 0.2) is 11.4 Å². The van der Waals surface area contributed by atoms with E-state index in [0.717, 1.165) is 12.8 Å². The molecule has 26 heavy (non-hydrogen) atoms. The molecule has 0 amide bonds. The number of nitrogens with zero attached hydrogens (tertiary/aromatic N) is 3. The van der Waals surface area contributed by atoms with E-state index in [2.05, 4.69) is 20.4 Å². The first-order valence-corrected chi connectivity index (χ1v) is 8.84. The average molecular weight is 360 g/mol. The molecule has 1 unspecified atom stereocenters. The van der Waals surface area contributed by atoms with Crippen molar-refractivity contribution in [1.29, 1.82) is 0 Å². The fraction of sp³-hybridized carbons (Fsp3) is 0.500. The second-order valence-electron chi connectivity index (χ2n) is 6.85. The average Bonchev–Trinajstić information content (AvgIpc) is 3.26. The zero-order valence-corrected chi connectivity index (χ0v) is 14.7. The lowest BCUT2D eigenvalue weighted by Gasteiger charge is -2.28. The van der Waals surface area contributed by atoms with E-state index in [4.69, 9.17) is 13.7 Å².